The van der Waals surface area contributed by atoms with Crippen LogP contribution in [0.15, 0.2) is 47.8 Å². The molecule has 3 heteroatoms. The number of hydrogen-bond donors (Lipinski definition) is 1. The third-order valence-corrected chi connectivity index (χ3v) is 1.55. The highest BCUT2D eigenvalue weighted by Crippen LogP contribution is 2.11. The van der Waals surface area contributed by atoms with E-state index in [4.69, 9.17) is 5.11 Å². The van der Waals surface area contributed by atoms with Crippen LogP contribution in [-0.4, -0.2) is 16.3 Å². The predicted octanol–water partition coefficient (Wildman–Crippen LogP) is 2.58. The highest BCUT2D eigenvalue weighted by atomic mass is 16.3. The van der Waals surface area contributed by atoms with Crippen LogP contribution in [-0.2, 0) is 0 Å². The average Bonchev–Trinajstić information content (AvgIpc) is 2.20. The number of rotatable bonds is 3. The Kier molecular flexibility index (Phi) is 3.61. The minimum absolute atomic E-state index is 0.0692. The molecule has 0 aliphatic heterocycles. The summed E-state index contributed by atoms with van der Waals surface area (Å²) in [6.07, 6.45) is 4.81. The van der Waals surface area contributed by atoms with Crippen molar-refractivity contribution in [1.82, 2.24) is 4.98 Å². The fourth-order valence-corrected chi connectivity index (χ4v) is 0.947. The second-order valence-electron chi connectivity index (χ2n) is 2.64. The Morgan fingerprint density at radius 3 is 2.86 bits per heavy atom. The van der Waals surface area contributed by atoms with Crippen molar-refractivity contribution in [3.8, 4) is 0 Å². The molecular weight excluding hydrogens is 176 g/mol. The van der Waals surface area contributed by atoms with Crippen LogP contribution in [0.4, 0.5) is 0 Å². The fraction of sp³-hybridized carbons (Fsp3) is 0.0909. The summed E-state index contributed by atoms with van der Waals surface area (Å²) in [7, 11) is 0. The summed E-state index contributed by atoms with van der Waals surface area (Å²) in [5, 5.41) is 8.85. The Hall–Kier alpha value is -1.90. The molecule has 1 aromatic heterocycles. The maximum Gasteiger partial charge on any atom is 0.126 e. The van der Waals surface area contributed by atoms with E-state index in [9.17, 15) is 0 Å². The molecule has 0 saturated heterocycles. The van der Waals surface area contributed by atoms with E-state index in [1.54, 1.807) is 6.20 Å². The normalized spacial score (nSPS) is 11.9. The molecule has 0 atom stereocenters. The lowest BCUT2D eigenvalue weighted by Gasteiger charge is -1.98. The minimum Gasteiger partial charge on any atom is -0.507 e. The van der Waals surface area contributed by atoms with Gasteiger partial charge in [-0.3, -0.25) is 9.98 Å². The molecule has 0 saturated carbocycles. The van der Waals surface area contributed by atoms with E-state index in [1.807, 2.05) is 31.2 Å². The van der Waals surface area contributed by atoms with E-state index in [-0.39, 0.29) is 5.76 Å². The molecule has 0 spiro atoms. The maximum atomic E-state index is 8.85. The Balaban J connectivity index is 2.90. The van der Waals surface area contributed by atoms with Gasteiger partial charge in [-0.1, -0.05) is 18.7 Å². The molecule has 1 aromatic rings. The van der Waals surface area contributed by atoms with Gasteiger partial charge in [-0.15, -0.1) is 0 Å². The zero-order chi connectivity index (χ0) is 10.4. The minimum atomic E-state index is -0.0692. The number of nitrogens with zero attached hydrogens (tertiary/aromatic N) is 2. The lowest BCUT2D eigenvalue weighted by molar-refractivity contribution is 0.449. The molecule has 0 aliphatic rings. The van der Waals surface area contributed by atoms with Crippen molar-refractivity contribution >= 4 is 11.9 Å². The third-order valence-electron chi connectivity index (χ3n) is 1.55. The van der Waals surface area contributed by atoms with E-state index >= 15 is 0 Å². The van der Waals surface area contributed by atoms with E-state index in [0.29, 0.717) is 5.70 Å². The largest absolute Gasteiger partial charge is 0.507 e. The molecule has 14 heavy (non-hydrogen) atoms. The summed E-state index contributed by atoms with van der Waals surface area (Å²) in [6, 6.07) is 5.58. The highest BCUT2D eigenvalue weighted by Gasteiger charge is 1.97. The van der Waals surface area contributed by atoms with Gasteiger partial charge in [0.15, 0.2) is 0 Å². The molecule has 0 aromatic carbocycles. The lowest BCUT2D eigenvalue weighted by Crippen LogP contribution is -1.87. The zero-order valence-electron chi connectivity index (χ0n) is 8.01. The van der Waals surface area contributed by atoms with Gasteiger partial charge in [0.1, 0.15) is 5.76 Å². The van der Waals surface area contributed by atoms with Crippen molar-refractivity contribution in [2.24, 2.45) is 4.99 Å². The third kappa shape index (κ3) is 2.86. The average molecular weight is 188 g/mol. The Labute approximate surface area is 83.2 Å². The molecule has 0 amide bonds. The molecular formula is C11H12N2O. The summed E-state index contributed by atoms with van der Waals surface area (Å²) in [5.41, 5.74) is 1.48. The van der Waals surface area contributed by atoms with E-state index in [2.05, 4.69) is 16.6 Å². The summed E-state index contributed by atoms with van der Waals surface area (Å²) in [5.74, 6) is -0.0692. The van der Waals surface area contributed by atoms with Crippen LogP contribution in [0.25, 0.3) is 5.70 Å². The lowest BCUT2D eigenvalue weighted by atomic mass is 10.3. The van der Waals surface area contributed by atoms with Crippen molar-refractivity contribution in [1.29, 1.82) is 0 Å². The van der Waals surface area contributed by atoms with Gasteiger partial charge >= 0.3 is 0 Å². The Morgan fingerprint density at radius 2 is 2.36 bits per heavy atom. The summed E-state index contributed by atoms with van der Waals surface area (Å²) >= 11 is 0. The molecule has 1 rings (SSSR count). The number of hydrogen-bond acceptors (Lipinski definition) is 3. The molecule has 1 N–H and O–H groups in total. The van der Waals surface area contributed by atoms with Gasteiger partial charge in [-0.2, -0.15) is 0 Å². The quantitative estimate of drug-likeness (QED) is 0.585. The number of aliphatic imine (C=N–C) groups is 1. The highest BCUT2D eigenvalue weighted by molar-refractivity contribution is 5.81. The van der Waals surface area contributed by atoms with E-state index < -0.39 is 0 Å². The van der Waals surface area contributed by atoms with Crippen molar-refractivity contribution in [2.75, 3.05) is 0 Å². The van der Waals surface area contributed by atoms with Crippen LogP contribution in [0, 0.1) is 0 Å². The van der Waals surface area contributed by atoms with Gasteiger partial charge in [0.25, 0.3) is 0 Å². The first-order valence-corrected chi connectivity index (χ1v) is 4.23. The topological polar surface area (TPSA) is 45.5 Å². The van der Waals surface area contributed by atoms with Crippen LogP contribution < -0.4 is 0 Å². The second kappa shape index (κ2) is 4.97. The molecule has 3 nitrogen and oxygen atoms in total. The number of aliphatic hydroxyl groups excluding tert-OH is 1. The number of allylic oxidation sites excluding steroid dienone is 2. The van der Waals surface area contributed by atoms with E-state index in [1.165, 1.54) is 6.21 Å². The first-order chi connectivity index (χ1) is 6.74. The van der Waals surface area contributed by atoms with Crippen molar-refractivity contribution < 1.29 is 5.11 Å². The van der Waals surface area contributed by atoms with Crippen LogP contribution in [0.1, 0.15) is 12.6 Å². The molecule has 0 fully saturated rings. The predicted molar refractivity (Wildman–Crippen MR) is 58.1 cm³/mol. The Bertz CT molecular complexity index is 366. The molecule has 1 heterocycles. The number of pyridine rings is 1. The summed E-state index contributed by atoms with van der Waals surface area (Å²) < 4.78 is 0. The van der Waals surface area contributed by atoms with Crippen LogP contribution >= 0.6 is 0 Å². The van der Waals surface area contributed by atoms with Crippen molar-refractivity contribution in [3.05, 3.63) is 48.5 Å². The van der Waals surface area contributed by atoms with Crippen LogP contribution in [0.5, 0.6) is 0 Å². The van der Waals surface area contributed by atoms with Gasteiger partial charge in [0, 0.05) is 6.20 Å². The van der Waals surface area contributed by atoms with Gasteiger partial charge in [-0.25, -0.2) is 0 Å². The van der Waals surface area contributed by atoms with Crippen molar-refractivity contribution in [3.63, 3.8) is 0 Å². The van der Waals surface area contributed by atoms with E-state index in [0.717, 1.165) is 5.69 Å². The first kappa shape index (κ1) is 10.2. The standard InChI is InChI=1S/C11H12N2O/c1-3-10(13-8-9(2)14)11-6-4-5-7-12-11/h3-8,14H,2H2,1H3/b10-3-,13-8?. The maximum absolute atomic E-state index is 8.85. The second-order valence-corrected chi connectivity index (χ2v) is 2.64. The van der Waals surface area contributed by atoms with Crippen LogP contribution in [0.2, 0.25) is 0 Å². The van der Waals surface area contributed by atoms with Gasteiger partial charge in [0.05, 0.1) is 17.6 Å². The fourth-order valence-electron chi connectivity index (χ4n) is 0.947. The number of aromatic nitrogens is 1. The number of aliphatic hydroxyl groups is 1. The SMILES string of the molecule is C=C(O)C=N/C(=C\C)c1ccccn1. The molecule has 0 aliphatic carbocycles. The van der Waals surface area contributed by atoms with Crippen LogP contribution in [0.3, 0.4) is 0 Å². The molecule has 72 valence electrons. The van der Waals surface area contributed by atoms with Crippen molar-refractivity contribution in [2.45, 2.75) is 6.92 Å². The molecule has 0 unspecified atom stereocenters. The molecule has 0 radical (unpaired) electrons. The summed E-state index contributed by atoms with van der Waals surface area (Å²) in [4.78, 5) is 8.17. The summed E-state index contributed by atoms with van der Waals surface area (Å²) in [6.45, 7) is 5.18. The zero-order valence-corrected chi connectivity index (χ0v) is 8.01. The first-order valence-electron chi connectivity index (χ1n) is 4.23. The van der Waals surface area contributed by atoms with Gasteiger partial charge in [0.2, 0.25) is 0 Å². The smallest absolute Gasteiger partial charge is 0.126 e. The molecule has 0 bridgehead atoms. The van der Waals surface area contributed by atoms with Gasteiger partial charge in [-0.05, 0) is 19.1 Å². The Morgan fingerprint density at radius 1 is 1.57 bits per heavy atom. The monoisotopic (exact) mass is 188 g/mol. The van der Waals surface area contributed by atoms with Gasteiger partial charge < -0.3 is 5.11 Å².